The molecule has 2 heteroatoms. The molecule has 0 heterocycles. The molecular weight excluding hydrogens is 256 g/mol. The number of benzene rings is 2. The van der Waals surface area contributed by atoms with Gasteiger partial charge in [0, 0.05) is 11.1 Å². The van der Waals surface area contributed by atoms with Gasteiger partial charge in [0.05, 0.1) is 5.02 Å². The quantitative estimate of drug-likeness (QED) is 0.718. The number of aryl methyl sites for hydroxylation is 4. The minimum absolute atomic E-state index is 0.00343. The van der Waals surface area contributed by atoms with Crippen LogP contribution in [-0.2, 0) is 0 Å². The van der Waals surface area contributed by atoms with Gasteiger partial charge in [0.2, 0.25) is 0 Å². The highest BCUT2D eigenvalue weighted by molar-refractivity contribution is 6.35. The molecule has 0 fully saturated rings. The summed E-state index contributed by atoms with van der Waals surface area (Å²) in [6, 6.07) is 9.61. The fourth-order valence-corrected chi connectivity index (χ4v) is 2.57. The predicted octanol–water partition coefficient (Wildman–Crippen LogP) is 4.80. The van der Waals surface area contributed by atoms with Gasteiger partial charge < -0.3 is 0 Å². The normalized spacial score (nSPS) is 10.6. The molecule has 0 aliphatic rings. The molecule has 0 aliphatic heterocycles. The summed E-state index contributed by atoms with van der Waals surface area (Å²) in [6.07, 6.45) is 0. The summed E-state index contributed by atoms with van der Waals surface area (Å²) < 4.78 is 0. The Morgan fingerprint density at radius 3 is 2.00 bits per heavy atom. The molecule has 0 amide bonds. The number of hydrogen-bond donors (Lipinski definition) is 0. The van der Waals surface area contributed by atoms with Crippen LogP contribution in [0, 0.1) is 27.7 Å². The topological polar surface area (TPSA) is 17.1 Å². The highest BCUT2D eigenvalue weighted by Crippen LogP contribution is 2.26. The summed E-state index contributed by atoms with van der Waals surface area (Å²) >= 11 is 6.23. The molecule has 19 heavy (non-hydrogen) atoms. The Kier molecular flexibility index (Phi) is 3.77. The Hall–Kier alpha value is -1.60. The van der Waals surface area contributed by atoms with Crippen molar-refractivity contribution in [1.82, 2.24) is 0 Å². The van der Waals surface area contributed by atoms with Crippen molar-refractivity contribution in [1.29, 1.82) is 0 Å². The Balaban J connectivity index is 2.60. The maximum absolute atomic E-state index is 12.7. The molecule has 0 saturated heterocycles. The van der Waals surface area contributed by atoms with Crippen LogP contribution >= 0.6 is 11.6 Å². The third kappa shape index (κ3) is 2.57. The van der Waals surface area contributed by atoms with E-state index in [1.807, 2.05) is 58.0 Å². The summed E-state index contributed by atoms with van der Waals surface area (Å²) in [5.74, 6) is 0.00343. The Morgan fingerprint density at radius 1 is 0.895 bits per heavy atom. The van der Waals surface area contributed by atoms with E-state index in [4.69, 9.17) is 11.6 Å². The third-order valence-corrected chi connectivity index (χ3v) is 3.85. The van der Waals surface area contributed by atoms with Crippen LogP contribution in [0.4, 0.5) is 0 Å². The predicted molar refractivity (Wildman–Crippen MR) is 80.3 cm³/mol. The fourth-order valence-electron chi connectivity index (χ4n) is 2.26. The second kappa shape index (κ2) is 5.18. The van der Waals surface area contributed by atoms with E-state index in [-0.39, 0.29) is 5.78 Å². The van der Waals surface area contributed by atoms with Crippen molar-refractivity contribution in [3.8, 4) is 0 Å². The Bertz CT molecular complexity index is 636. The average molecular weight is 273 g/mol. The number of rotatable bonds is 2. The molecule has 0 bridgehead atoms. The first-order valence-corrected chi connectivity index (χ1v) is 6.67. The first-order valence-electron chi connectivity index (χ1n) is 6.29. The van der Waals surface area contributed by atoms with Crippen molar-refractivity contribution >= 4 is 17.4 Å². The first-order chi connectivity index (χ1) is 8.91. The zero-order valence-electron chi connectivity index (χ0n) is 11.7. The van der Waals surface area contributed by atoms with Crippen molar-refractivity contribution in [3.05, 3.63) is 68.7 Å². The van der Waals surface area contributed by atoms with E-state index in [2.05, 4.69) is 0 Å². The molecule has 1 nitrogen and oxygen atoms in total. The van der Waals surface area contributed by atoms with Crippen molar-refractivity contribution in [2.45, 2.75) is 27.7 Å². The minimum atomic E-state index is 0.00343. The van der Waals surface area contributed by atoms with Gasteiger partial charge in [-0.25, -0.2) is 0 Å². The van der Waals surface area contributed by atoms with E-state index in [0.29, 0.717) is 10.6 Å². The van der Waals surface area contributed by atoms with Crippen molar-refractivity contribution in [3.63, 3.8) is 0 Å². The zero-order chi connectivity index (χ0) is 14.2. The van der Waals surface area contributed by atoms with Gasteiger partial charge in [-0.2, -0.15) is 0 Å². The molecule has 2 rings (SSSR count). The molecule has 2 aromatic rings. The number of halogens is 1. The van der Waals surface area contributed by atoms with Crippen LogP contribution in [0.15, 0.2) is 30.3 Å². The first kappa shape index (κ1) is 13.8. The molecule has 0 atom stereocenters. The van der Waals surface area contributed by atoms with Gasteiger partial charge in [-0.1, -0.05) is 29.8 Å². The van der Waals surface area contributed by atoms with Crippen LogP contribution in [0.25, 0.3) is 0 Å². The fraction of sp³-hybridized carbons (Fsp3) is 0.235. The summed E-state index contributed by atoms with van der Waals surface area (Å²) in [7, 11) is 0. The van der Waals surface area contributed by atoms with Gasteiger partial charge >= 0.3 is 0 Å². The van der Waals surface area contributed by atoms with Crippen LogP contribution in [-0.4, -0.2) is 5.78 Å². The van der Waals surface area contributed by atoms with Gasteiger partial charge in [-0.3, -0.25) is 4.79 Å². The monoisotopic (exact) mass is 272 g/mol. The van der Waals surface area contributed by atoms with Gasteiger partial charge in [-0.15, -0.1) is 0 Å². The van der Waals surface area contributed by atoms with E-state index >= 15 is 0 Å². The maximum atomic E-state index is 12.7. The van der Waals surface area contributed by atoms with E-state index < -0.39 is 0 Å². The molecule has 98 valence electrons. The van der Waals surface area contributed by atoms with Crippen LogP contribution in [0.1, 0.15) is 38.2 Å². The summed E-state index contributed by atoms with van der Waals surface area (Å²) in [5, 5.41) is 0.524. The molecule has 0 saturated carbocycles. The summed E-state index contributed by atoms with van der Waals surface area (Å²) in [4.78, 5) is 12.7. The molecule has 0 aromatic heterocycles. The smallest absolute Gasteiger partial charge is 0.195 e. The van der Waals surface area contributed by atoms with Crippen LogP contribution < -0.4 is 0 Å². The molecule has 2 aromatic carbocycles. The minimum Gasteiger partial charge on any atom is -0.289 e. The Morgan fingerprint density at radius 2 is 1.42 bits per heavy atom. The lowest BCUT2D eigenvalue weighted by Crippen LogP contribution is -2.07. The molecule has 0 radical (unpaired) electrons. The van der Waals surface area contributed by atoms with Gasteiger partial charge in [-0.05, 0) is 62.1 Å². The molecule has 0 spiro atoms. The van der Waals surface area contributed by atoms with E-state index in [9.17, 15) is 4.79 Å². The second-order valence-corrected chi connectivity index (χ2v) is 5.42. The standard InChI is InChI=1S/C17H17ClO/c1-10-6-5-7-11(2)16(10)17(19)14-8-12(3)13(4)9-15(14)18/h5-9H,1-4H3. The molecule has 0 unspecified atom stereocenters. The largest absolute Gasteiger partial charge is 0.289 e. The third-order valence-electron chi connectivity index (χ3n) is 3.54. The number of ketones is 1. The number of hydrogen-bond acceptors (Lipinski definition) is 1. The van der Waals surface area contributed by atoms with Crippen LogP contribution in [0.3, 0.4) is 0 Å². The van der Waals surface area contributed by atoms with Crippen LogP contribution in [0.5, 0.6) is 0 Å². The van der Waals surface area contributed by atoms with Crippen molar-refractivity contribution in [2.75, 3.05) is 0 Å². The molecular formula is C17H17ClO. The van der Waals surface area contributed by atoms with Crippen molar-refractivity contribution in [2.24, 2.45) is 0 Å². The summed E-state index contributed by atoms with van der Waals surface area (Å²) in [6.45, 7) is 7.89. The number of carbonyl (C=O) groups is 1. The lowest BCUT2D eigenvalue weighted by molar-refractivity contribution is 0.103. The zero-order valence-corrected chi connectivity index (χ0v) is 12.4. The molecule has 0 aliphatic carbocycles. The van der Waals surface area contributed by atoms with E-state index in [1.165, 1.54) is 0 Å². The van der Waals surface area contributed by atoms with E-state index in [0.717, 1.165) is 27.8 Å². The van der Waals surface area contributed by atoms with Gasteiger partial charge in [0.1, 0.15) is 0 Å². The average Bonchev–Trinajstić information content (AvgIpc) is 2.33. The lowest BCUT2D eigenvalue weighted by Gasteiger charge is -2.11. The summed E-state index contributed by atoms with van der Waals surface area (Å²) in [5.41, 5.74) is 5.50. The molecule has 0 N–H and O–H groups in total. The van der Waals surface area contributed by atoms with Gasteiger partial charge in [0.15, 0.2) is 5.78 Å². The maximum Gasteiger partial charge on any atom is 0.195 e. The van der Waals surface area contributed by atoms with Gasteiger partial charge in [0.25, 0.3) is 0 Å². The lowest BCUT2D eigenvalue weighted by atomic mass is 9.93. The Labute approximate surface area is 119 Å². The second-order valence-electron chi connectivity index (χ2n) is 5.01. The van der Waals surface area contributed by atoms with Crippen LogP contribution in [0.2, 0.25) is 5.02 Å². The SMILES string of the molecule is Cc1cc(Cl)c(C(=O)c2c(C)cccc2C)cc1C. The van der Waals surface area contributed by atoms with Crippen molar-refractivity contribution < 1.29 is 4.79 Å². The number of carbonyl (C=O) groups excluding carboxylic acids is 1. The highest BCUT2D eigenvalue weighted by atomic mass is 35.5. The van der Waals surface area contributed by atoms with E-state index in [1.54, 1.807) is 0 Å². The highest BCUT2D eigenvalue weighted by Gasteiger charge is 2.17.